The first-order valence-electron chi connectivity index (χ1n) is 10.1. The number of nitrogens with one attached hydrogen (secondary N) is 1. The quantitative estimate of drug-likeness (QED) is 0.873. The topological polar surface area (TPSA) is 70.1 Å². The van der Waals surface area contributed by atoms with E-state index in [1.807, 2.05) is 42.6 Å². The zero-order valence-corrected chi connectivity index (χ0v) is 16.7. The van der Waals surface area contributed by atoms with Gasteiger partial charge in [0.15, 0.2) is 0 Å². The number of urea groups is 1. The van der Waals surface area contributed by atoms with Crippen LogP contribution in [0.15, 0.2) is 41.5 Å². The lowest BCUT2D eigenvalue weighted by Crippen LogP contribution is -2.45. The lowest BCUT2D eigenvalue weighted by Gasteiger charge is -2.37. The number of hydrogen-bond acceptors (Lipinski definition) is 5. The van der Waals surface area contributed by atoms with Crippen molar-refractivity contribution >= 4 is 17.9 Å². The van der Waals surface area contributed by atoms with Gasteiger partial charge in [0.05, 0.1) is 24.9 Å². The fourth-order valence-corrected chi connectivity index (χ4v) is 4.71. The first-order valence-corrected chi connectivity index (χ1v) is 10.1. The second-order valence-corrected chi connectivity index (χ2v) is 7.86. The first kappa shape index (κ1) is 18.1. The molecule has 0 radical (unpaired) electrons. The molecule has 1 aromatic heterocycles. The fourth-order valence-electron chi connectivity index (χ4n) is 4.71. The Morgan fingerprint density at radius 1 is 1.14 bits per heavy atom. The number of likely N-dealkylation sites (N-methyl/N-ethyl adjacent to an activating group) is 1. The minimum absolute atomic E-state index is 0.00532. The second-order valence-electron chi connectivity index (χ2n) is 7.86. The summed E-state index contributed by atoms with van der Waals surface area (Å²) in [5, 5.41) is 3.40. The van der Waals surface area contributed by atoms with Crippen molar-refractivity contribution in [3.63, 3.8) is 0 Å². The average Bonchev–Trinajstić information content (AvgIpc) is 3.04. The van der Waals surface area contributed by atoms with Crippen LogP contribution in [0.1, 0.15) is 24.4 Å². The molecule has 3 aliphatic heterocycles. The standard InChI is InChI=1S/C22H25N5O2/c1-26-19-13-24-18-5-3-14(15-4-6-20(29-2)25-12-15)11-17(18)21(19)27(22(26)28)16-7-9-23-10-8-16/h3-6,11-13,16,19,21,23H,7-10H2,1-2H3. The third kappa shape index (κ3) is 2.97. The van der Waals surface area contributed by atoms with Crippen LogP contribution >= 0.6 is 0 Å². The molecule has 0 saturated carbocycles. The van der Waals surface area contributed by atoms with Crippen molar-refractivity contribution in [2.24, 2.45) is 4.99 Å². The van der Waals surface area contributed by atoms with E-state index in [1.54, 1.807) is 7.11 Å². The molecule has 1 aromatic carbocycles. The number of hydrogen-bond donors (Lipinski definition) is 1. The number of benzene rings is 1. The number of nitrogens with zero attached hydrogens (tertiary/aromatic N) is 4. The number of aromatic nitrogens is 1. The van der Waals surface area contributed by atoms with Crippen molar-refractivity contribution in [3.05, 3.63) is 42.1 Å². The van der Waals surface area contributed by atoms with Gasteiger partial charge in [-0.15, -0.1) is 0 Å². The zero-order chi connectivity index (χ0) is 20.0. The average molecular weight is 391 g/mol. The first-order chi connectivity index (χ1) is 14.2. The molecule has 7 nitrogen and oxygen atoms in total. The van der Waals surface area contributed by atoms with Crippen LogP contribution in [-0.2, 0) is 0 Å². The van der Waals surface area contributed by atoms with Gasteiger partial charge in [-0.1, -0.05) is 6.07 Å². The van der Waals surface area contributed by atoms with Crippen LogP contribution in [0, 0.1) is 0 Å². The Hall–Kier alpha value is -2.93. The zero-order valence-electron chi connectivity index (χ0n) is 16.7. The third-order valence-electron chi connectivity index (χ3n) is 6.29. The number of rotatable bonds is 3. The van der Waals surface area contributed by atoms with Crippen LogP contribution < -0.4 is 10.1 Å². The van der Waals surface area contributed by atoms with Crippen molar-refractivity contribution in [1.82, 2.24) is 20.1 Å². The molecule has 2 amide bonds. The van der Waals surface area contributed by atoms with Crippen LogP contribution in [0.3, 0.4) is 0 Å². The minimum atomic E-state index is -0.0332. The Balaban J connectivity index is 1.56. The predicted molar refractivity (Wildman–Crippen MR) is 112 cm³/mol. The number of piperidine rings is 1. The van der Waals surface area contributed by atoms with Crippen LogP contribution in [0.5, 0.6) is 5.88 Å². The van der Waals surface area contributed by atoms with Gasteiger partial charge in [-0.05, 0) is 49.7 Å². The van der Waals surface area contributed by atoms with Crippen LogP contribution in [0.25, 0.3) is 11.1 Å². The van der Waals surface area contributed by atoms with Gasteiger partial charge in [-0.3, -0.25) is 4.99 Å². The Bertz CT molecular complexity index is 952. The van der Waals surface area contributed by atoms with E-state index in [1.165, 1.54) is 0 Å². The summed E-state index contributed by atoms with van der Waals surface area (Å²) in [6.07, 6.45) is 5.72. The molecule has 3 aliphatic rings. The van der Waals surface area contributed by atoms with Crippen LogP contribution in [-0.4, -0.2) is 66.4 Å². The summed E-state index contributed by atoms with van der Waals surface area (Å²) in [5.41, 5.74) is 4.15. The highest BCUT2D eigenvalue weighted by Gasteiger charge is 2.49. The number of amides is 2. The predicted octanol–water partition coefficient (Wildman–Crippen LogP) is 3.00. The second kappa shape index (κ2) is 7.15. The maximum absolute atomic E-state index is 13.2. The summed E-state index contributed by atoms with van der Waals surface area (Å²) in [6.45, 7) is 1.90. The molecule has 2 atom stereocenters. The Labute approximate surface area is 170 Å². The van der Waals surface area contributed by atoms with Gasteiger partial charge < -0.3 is 19.9 Å². The molecule has 0 spiro atoms. The smallest absolute Gasteiger partial charge is 0.321 e. The molecule has 5 rings (SSSR count). The molecule has 0 bridgehead atoms. The Morgan fingerprint density at radius 2 is 1.93 bits per heavy atom. The summed E-state index contributed by atoms with van der Waals surface area (Å²) >= 11 is 0. The SMILES string of the molecule is COc1ccc(-c2ccc3c(c2)C2C(C=N3)N(C)C(=O)N2C2CCNCC2)cn1. The number of pyridine rings is 1. The van der Waals surface area contributed by atoms with E-state index in [0.717, 1.165) is 48.3 Å². The summed E-state index contributed by atoms with van der Waals surface area (Å²) in [5.74, 6) is 0.594. The lowest BCUT2D eigenvalue weighted by atomic mass is 9.90. The van der Waals surface area contributed by atoms with E-state index in [4.69, 9.17) is 4.74 Å². The number of ether oxygens (including phenoxy) is 1. The summed E-state index contributed by atoms with van der Waals surface area (Å²) in [4.78, 5) is 26.1. The normalized spacial score (nSPS) is 23.9. The van der Waals surface area contributed by atoms with E-state index >= 15 is 0 Å². The van der Waals surface area contributed by atoms with Gasteiger partial charge in [0.2, 0.25) is 5.88 Å². The molecule has 2 unspecified atom stereocenters. The molecule has 2 saturated heterocycles. The number of carbonyl (C=O) groups is 1. The van der Waals surface area contributed by atoms with Crippen molar-refractivity contribution in [2.45, 2.75) is 31.0 Å². The molecule has 7 heteroatoms. The van der Waals surface area contributed by atoms with Gasteiger partial charge in [0.1, 0.15) is 0 Å². The van der Waals surface area contributed by atoms with Crippen molar-refractivity contribution in [2.75, 3.05) is 27.2 Å². The van der Waals surface area contributed by atoms with E-state index in [-0.39, 0.29) is 24.2 Å². The van der Waals surface area contributed by atoms with Crippen molar-refractivity contribution in [3.8, 4) is 17.0 Å². The van der Waals surface area contributed by atoms with E-state index in [0.29, 0.717) is 5.88 Å². The maximum Gasteiger partial charge on any atom is 0.321 e. The lowest BCUT2D eigenvalue weighted by molar-refractivity contribution is 0.151. The highest BCUT2D eigenvalue weighted by molar-refractivity contribution is 5.89. The number of methoxy groups -OCH3 is 1. The molecule has 4 heterocycles. The third-order valence-corrected chi connectivity index (χ3v) is 6.29. The van der Waals surface area contributed by atoms with Crippen LogP contribution in [0.2, 0.25) is 0 Å². The van der Waals surface area contributed by atoms with E-state index < -0.39 is 0 Å². The number of carbonyl (C=O) groups excluding carboxylic acids is 1. The summed E-state index contributed by atoms with van der Waals surface area (Å²) < 4.78 is 5.17. The van der Waals surface area contributed by atoms with Crippen LogP contribution in [0.4, 0.5) is 10.5 Å². The Kier molecular flexibility index (Phi) is 4.47. The van der Waals surface area contributed by atoms with E-state index in [9.17, 15) is 4.79 Å². The Morgan fingerprint density at radius 3 is 2.66 bits per heavy atom. The largest absolute Gasteiger partial charge is 0.481 e. The maximum atomic E-state index is 13.2. The number of fused-ring (bicyclic) bond motifs is 3. The van der Waals surface area contributed by atoms with Crippen molar-refractivity contribution in [1.29, 1.82) is 0 Å². The highest BCUT2D eigenvalue weighted by atomic mass is 16.5. The van der Waals surface area contributed by atoms with Gasteiger partial charge in [0.25, 0.3) is 0 Å². The van der Waals surface area contributed by atoms with E-state index in [2.05, 4.69) is 32.3 Å². The molecule has 1 N–H and O–H groups in total. The highest BCUT2D eigenvalue weighted by Crippen LogP contribution is 2.44. The number of aliphatic imine (C=N–C) groups is 1. The molecular formula is C22H25N5O2. The molecule has 2 fully saturated rings. The molecule has 29 heavy (non-hydrogen) atoms. The molecule has 0 aliphatic carbocycles. The van der Waals surface area contributed by atoms with Gasteiger partial charge in [-0.2, -0.15) is 0 Å². The molecule has 150 valence electrons. The van der Waals surface area contributed by atoms with Gasteiger partial charge >= 0.3 is 6.03 Å². The molecular weight excluding hydrogens is 366 g/mol. The van der Waals surface area contributed by atoms with Gasteiger partial charge in [-0.25, -0.2) is 9.78 Å². The fraction of sp³-hybridized carbons (Fsp3) is 0.409. The monoisotopic (exact) mass is 391 g/mol. The summed E-state index contributed by atoms with van der Waals surface area (Å²) in [6, 6.07) is 10.5. The minimum Gasteiger partial charge on any atom is -0.481 e. The van der Waals surface area contributed by atoms with Crippen molar-refractivity contribution < 1.29 is 9.53 Å². The summed E-state index contributed by atoms with van der Waals surface area (Å²) in [7, 11) is 3.50. The van der Waals surface area contributed by atoms with Gasteiger partial charge in [0, 0.05) is 42.7 Å². The molecule has 2 aromatic rings.